The highest BCUT2D eigenvalue weighted by Gasteiger charge is 2.14. The molecule has 10 nitrogen and oxygen atoms in total. The standard InChI is InChI=1S/C26H26N8O2/c1-15-8-18(10-29-26(15)36-4)25(35)32-20-7-5-6-17(9-20)16(2)31-22-13-28-24-23(33-22)21(12-27-24)19-11-30-34(3)14-19/h5-14,16H,1-4H3,(H,27,28)(H,31,33)(H,32,35)/t16-/m0/s1. The molecule has 0 bridgehead atoms. The van der Waals surface area contributed by atoms with Gasteiger partial charge in [-0.3, -0.25) is 9.48 Å². The number of hydrogen-bond donors (Lipinski definition) is 3. The van der Waals surface area contributed by atoms with Gasteiger partial charge in [0.2, 0.25) is 5.88 Å². The van der Waals surface area contributed by atoms with Gasteiger partial charge < -0.3 is 20.4 Å². The Morgan fingerprint density at radius 1 is 1.17 bits per heavy atom. The van der Waals surface area contributed by atoms with Gasteiger partial charge in [-0.25, -0.2) is 15.0 Å². The van der Waals surface area contributed by atoms with E-state index in [9.17, 15) is 4.79 Å². The molecule has 1 aromatic carbocycles. The lowest BCUT2D eigenvalue weighted by atomic mass is 10.1. The molecule has 36 heavy (non-hydrogen) atoms. The van der Waals surface area contributed by atoms with Gasteiger partial charge >= 0.3 is 0 Å². The monoisotopic (exact) mass is 482 g/mol. The average molecular weight is 483 g/mol. The molecule has 0 aliphatic carbocycles. The molecule has 0 spiro atoms. The first-order valence-electron chi connectivity index (χ1n) is 11.4. The quantitative estimate of drug-likeness (QED) is 0.312. The van der Waals surface area contributed by atoms with Crippen molar-refractivity contribution in [1.29, 1.82) is 0 Å². The fourth-order valence-electron chi connectivity index (χ4n) is 4.04. The Balaban J connectivity index is 1.32. The van der Waals surface area contributed by atoms with E-state index in [-0.39, 0.29) is 11.9 Å². The maximum Gasteiger partial charge on any atom is 0.257 e. The van der Waals surface area contributed by atoms with Gasteiger partial charge in [0.05, 0.1) is 31.1 Å². The van der Waals surface area contributed by atoms with E-state index < -0.39 is 0 Å². The SMILES string of the molecule is COc1ncc(C(=O)Nc2cccc([C@H](C)Nc3cnc4[nH]cc(-c5cnn(C)c5)c4n3)c2)cc1C. The minimum absolute atomic E-state index is 0.0840. The van der Waals surface area contributed by atoms with Gasteiger partial charge in [-0.1, -0.05) is 12.1 Å². The number of aromatic nitrogens is 6. The van der Waals surface area contributed by atoms with Crippen LogP contribution in [0.4, 0.5) is 11.5 Å². The van der Waals surface area contributed by atoms with Crippen LogP contribution in [0.2, 0.25) is 0 Å². The molecule has 5 rings (SSSR count). The lowest BCUT2D eigenvalue weighted by Gasteiger charge is -2.16. The van der Waals surface area contributed by atoms with E-state index in [1.165, 1.54) is 6.20 Å². The summed E-state index contributed by atoms with van der Waals surface area (Å²) < 4.78 is 6.93. The van der Waals surface area contributed by atoms with Gasteiger partial charge in [0.1, 0.15) is 11.3 Å². The van der Waals surface area contributed by atoms with Crippen LogP contribution in [-0.4, -0.2) is 42.7 Å². The number of ether oxygens (including phenoxy) is 1. The van der Waals surface area contributed by atoms with E-state index >= 15 is 0 Å². The second kappa shape index (κ2) is 9.49. The van der Waals surface area contributed by atoms with Crippen LogP contribution >= 0.6 is 0 Å². The Kier molecular flexibility index (Phi) is 6.07. The third kappa shape index (κ3) is 4.61. The first-order valence-corrected chi connectivity index (χ1v) is 11.4. The minimum Gasteiger partial charge on any atom is -0.481 e. The molecule has 0 fully saturated rings. The topological polar surface area (TPSA) is 123 Å². The van der Waals surface area contributed by atoms with Crippen molar-refractivity contribution in [3.63, 3.8) is 0 Å². The van der Waals surface area contributed by atoms with Crippen LogP contribution in [-0.2, 0) is 7.05 Å². The fraction of sp³-hybridized carbons (Fsp3) is 0.192. The second-order valence-corrected chi connectivity index (χ2v) is 8.55. The van der Waals surface area contributed by atoms with Crippen molar-refractivity contribution in [3.8, 4) is 17.0 Å². The largest absolute Gasteiger partial charge is 0.481 e. The Morgan fingerprint density at radius 2 is 2.03 bits per heavy atom. The first-order chi connectivity index (χ1) is 17.4. The number of anilines is 2. The predicted octanol–water partition coefficient (Wildman–Crippen LogP) is 4.50. The number of nitrogens with zero attached hydrogens (tertiary/aromatic N) is 5. The number of methoxy groups -OCH3 is 1. The van der Waals surface area contributed by atoms with Gasteiger partial charge in [0.15, 0.2) is 5.65 Å². The number of fused-ring (bicyclic) bond motifs is 1. The van der Waals surface area contributed by atoms with Crippen LogP contribution in [0.3, 0.4) is 0 Å². The number of aromatic amines is 1. The molecule has 182 valence electrons. The number of nitrogens with one attached hydrogen (secondary N) is 3. The van der Waals surface area contributed by atoms with Gasteiger partial charge in [0, 0.05) is 48.0 Å². The number of aryl methyl sites for hydroxylation is 2. The number of carbonyl (C=O) groups excluding carboxylic acids is 1. The van der Waals surface area contributed by atoms with Crippen molar-refractivity contribution in [2.24, 2.45) is 7.05 Å². The molecule has 1 atom stereocenters. The van der Waals surface area contributed by atoms with Gasteiger partial charge in [-0.05, 0) is 37.6 Å². The molecule has 0 aliphatic heterocycles. The van der Waals surface area contributed by atoms with Crippen molar-refractivity contribution in [2.45, 2.75) is 19.9 Å². The number of H-pyrrole nitrogens is 1. The zero-order valence-corrected chi connectivity index (χ0v) is 20.4. The van der Waals surface area contributed by atoms with E-state index in [2.05, 4.69) is 30.7 Å². The lowest BCUT2D eigenvalue weighted by Crippen LogP contribution is -2.14. The summed E-state index contributed by atoms with van der Waals surface area (Å²) in [5, 5.41) is 10.6. The summed E-state index contributed by atoms with van der Waals surface area (Å²) in [5.74, 6) is 0.911. The Bertz CT molecular complexity index is 1550. The number of amides is 1. The third-order valence-corrected chi connectivity index (χ3v) is 5.89. The second-order valence-electron chi connectivity index (χ2n) is 8.55. The Hall–Kier alpha value is -4.73. The number of hydrogen-bond acceptors (Lipinski definition) is 7. The highest BCUT2D eigenvalue weighted by molar-refractivity contribution is 6.04. The smallest absolute Gasteiger partial charge is 0.257 e. The van der Waals surface area contributed by atoms with E-state index in [0.717, 1.165) is 27.8 Å². The summed E-state index contributed by atoms with van der Waals surface area (Å²) in [4.78, 5) is 29.4. The molecule has 0 radical (unpaired) electrons. The molecule has 0 unspecified atom stereocenters. The van der Waals surface area contributed by atoms with Crippen molar-refractivity contribution >= 4 is 28.6 Å². The van der Waals surface area contributed by atoms with E-state index in [1.54, 1.807) is 30.3 Å². The minimum atomic E-state index is -0.238. The lowest BCUT2D eigenvalue weighted by molar-refractivity contribution is 0.102. The summed E-state index contributed by atoms with van der Waals surface area (Å²) in [6.45, 7) is 3.88. The molecule has 1 amide bonds. The van der Waals surface area contributed by atoms with Gasteiger partial charge in [0.25, 0.3) is 5.91 Å². The number of benzene rings is 1. The fourth-order valence-corrected chi connectivity index (χ4v) is 4.04. The molecule has 0 saturated heterocycles. The van der Waals surface area contributed by atoms with E-state index in [1.807, 2.05) is 57.6 Å². The average Bonchev–Trinajstić information content (AvgIpc) is 3.49. The van der Waals surface area contributed by atoms with E-state index in [4.69, 9.17) is 9.72 Å². The van der Waals surface area contributed by atoms with Crippen LogP contribution in [0.5, 0.6) is 5.88 Å². The summed E-state index contributed by atoms with van der Waals surface area (Å²) in [6, 6.07) is 9.36. The zero-order chi connectivity index (χ0) is 25.2. The van der Waals surface area contributed by atoms with Crippen LogP contribution < -0.4 is 15.4 Å². The highest BCUT2D eigenvalue weighted by atomic mass is 16.5. The summed E-state index contributed by atoms with van der Waals surface area (Å²) >= 11 is 0. The van der Waals surface area contributed by atoms with Crippen molar-refractivity contribution in [3.05, 3.63) is 78.0 Å². The Labute approximate surface area is 207 Å². The molecular weight excluding hydrogens is 456 g/mol. The van der Waals surface area contributed by atoms with Crippen LogP contribution in [0, 0.1) is 6.92 Å². The first kappa shape index (κ1) is 23.0. The van der Waals surface area contributed by atoms with E-state index in [0.29, 0.717) is 28.6 Å². The summed E-state index contributed by atoms with van der Waals surface area (Å²) in [6.07, 6.45) is 8.84. The molecule has 0 saturated carbocycles. The van der Waals surface area contributed by atoms with Gasteiger partial charge in [-0.15, -0.1) is 0 Å². The molecule has 3 N–H and O–H groups in total. The molecule has 5 aromatic rings. The summed E-state index contributed by atoms with van der Waals surface area (Å²) in [5.41, 5.74) is 6.31. The third-order valence-electron chi connectivity index (χ3n) is 5.89. The molecule has 10 heteroatoms. The van der Waals surface area contributed by atoms with Crippen LogP contribution in [0.15, 0.2) is 61.3 Å². The van der Waals surface area contributed by atoms with Gasteiger partial charge in [-0.2, -0.15) is 5.10 Å². The maximum atomic E-state index is 12.8. The highest BCUT2D eigenvalue weighted by Crippen LogP contribution is 2.28. The van der Waals surface area contributed by atoms with Crippen molar-refractivity contribution < 1.29 is 9.53 Å². The summed E-state index contributed by atoms with van der Waals surface area (Å²) in [7, 11) is 3.43. The number of rotatable bonds is 7. The maximum absolute atomic E-state index is 12.8. The van der Waals surface area contributed by atoms with Crippen molar-refractivity contribution in [2.75, 3.05) is 17.7 Å². The van der Waals surface area contributed by atoms with Crippen LogP contribution in [0.25, 0.3) is 22.3 Å². The Morgan fingerprint density at radius 3 is 2.78 bits per heavy atom. The zero-order valence-electron chi connectivity index (χ0n) is 20.4. The predicted molar refractivity (Wildman–Crippen MR) is 138 cm³/mol. The van der Waals surface area contributed by atoms with Crippen LogP contribution in [0.1, 0.15) is 34.5 Å². The normalized spacial score (nSPS) is 11.9. The number of pyridine rings is 1. The molecule has 4 aromatic heterocycles. The van der Waals surface area contributed by atoms with Crippen molar-refractivity contribution in [1.82, 2.24) is 29.7 Å². The number of carbonyl (C=O) groups is 1. The molecular formula is C26H26N8O2. The molecule has 0 aliphatic rings. The molecule has 4 heterocycles.